The van der Waals surface area contributed by atoms with Crippen molar-refractivity contribution in [3.8, 4) is 0 Å². The van der Waals surface area contributed by atoms with Gasteiger partial charge in [-0.25, -0.2) is 0 Å². The maximum atomic E-state index is 11.8. The van der Waals surface area contributed by atoms with Gasteiger partial charge in [-0.3, -0.25) is 4.79 Å². The molecule has 3 N–H and O–H groups in total. The van der Waals surface area contributed by atoms with E-state index in [1.807, 2.05) is 7.05 Å². The Labute approximate surface area is 114 Å². The van der Waals surface area contributed by atoms with Gasteiger partial charge in [-0.2, -0.15) is 0 Å². The second kappa shape index (κ2) is 8.50. The van der Waals surface area contributed by atoms with Gasteiger partial charge >= 0.3 is 0 Å². The second-order valence-corrected chi connectivity index (χ2v) is 4.53. The molecule has 0 fully saturated rings. The van der Waals surface area contributed by atoms with E-state index in [1.54, 1.807) is 31.4 Å². The van der Waals surface area contributed by atoms with E-state index in [2.05, 4.69) is 10.2 Å². The van der Waals surface area contributed by atoms with Crippen LogP contribution in [0.4, 0.5) is 5.69 Å². The molecule has 0 unspecified atom stereocenters. The van der Waals surface area contributed by atoms with E-state index in [0.717, 1.165) is 26.1 Å². The predicted octanol–water partition coefficient (Wildman–Crippen LogP) is 0.967. The molecule has 1 aromatic carbocycles. The highest BCUT2D eigenvalue weighted by atomic mass is 16.5. The van der Waals surface area contributed by atoms with E-state index in [1.165, 1.54) is 0 Å². The molecule has 0 saturated heterocycles. The van der Waals surface area contributed by atoms with Crippen LogP contribution in [0, 0.1) is 0 Å². The summed E-state index contributed by atoms with van der Waals surface area (Å²) in [6, 6.07) is 6.98. The molecule has 0 atom stereocenters. The molecule has 0 bridgehead atoms. The molecule has 5 heteroatoms. The van der Waals surface area contributed by atoms with E-state index in [-0.39, 0.29) is 5.91 Å². The highest BCUT2D eigenvalue weighted by Gasteiger charge is 2.05. The number of rotatable bonds is 8. The number of ether oxygens (including phenoxy) is 1. The summed E-state index contributed by atoms with van der Waals surface area (Å²) >= 11 is 0. The van der Waals surface area contributed by atoms with Gasteiger partial charge in [0.25, 0.3) is 5.91 Å². The third-order valence-electron chi connectivity index (χ3n) is 2.82. The molecule has 1 rings (SSSR count). The van der Waals surface area contributed by atoms with Crippen LogP contribution in [0.25, 0.3) is 0 Å². The Morgan fingerprint density at radius 1 is 1.42 bits per heavy atom. The number of methoxy groups -OCH3 is 1. The third-order valence-corrected chi connectivity index (χ3v) is 2.82. The molecule has 0 aliphatic carbocycles. The zero-order chi connectivity index (χ0) is 14.1. The predicted molar refractivity (Wildman–Crippen MR) is 77.2 cm³/mol. The van der Waals surface area contributed by atoms with Crippen molar-refractivity contribution in [2.45, 2.75) is 6.42 Å². The van der Waals surface area contributed by atoms with Crippen molar-refractivity contribution in [2.75, 3.05) is 46.1 Å². The lowest BCUT2D eigenvalue weighted by Gasteiger charge is -2.16. The molecule has 106 valence electrons. The zero-order valence-corrected chi connectivity index (χ0v) is 11.7. The number of hydrogen-bond donors (Lipinski definition) is 2. The Bertz CT molecular complexity index is 396. The second-order valence-electron chi connectivity index (χ2n) is 4.53. The summed E-state index contributed by atoms with van der Waals surface area (Å²) in [7, 11) is 3.73. The topological polar surface area (TPSA) is 67.6 Å². The van der Waals surface area contributed by atoms with Crippen LogP contribution in [0.15, 0.2) is 24.3 Å². The number of nitrogen functional groups attached to an aromatic ring is 1. The van der Waals surface area contributed by atoms with Crippen LogP contribution in [0.2, 0.25) is 0 Å². The number of nitrogens with zero attached hydrogens (tertiary/aromatic N) is 1. The van der Waals surface area contributed by atoms with Crippen LogP contribution in [0.5, 0.6) is 0 Å². The molecule has 5 nitrogen and oxygen atoms in total. The van der Waals surface area contributed by atoms with Crippen molar-refractivity contribution in [3.63, 3.8) is 0 Å². The Kier molecular flexibility index (Phi) is 6.92. The van der Waals surface area contributed by atoms with E-state index >= 15 is 0 Å². The van der Waals surface area contributed by atoms with E-state index in [4.69, 9.17) is 10.5 Å². The van der Waals surface area contributed by atoms with Crippen LogP contribution < -0.4 is 11.1 Å². The average Bonchev–Trinajstić information content (AvgIpc) is 2.39. The minimum atomic E-state index is -0.0856. The fourth-order valence-electron chi connectivity index (χ4n) is 1.73. The van der Waals surface area contributed by atoms with Crippen molar-refractivity contribution in [3.05, 3.63) is 29.8 Å². The minimum absolute atomic E-state index is 0.0856. The molecule has 19 heavy (non-hydrogen) atoms. The largest absolute Gasteiger partial charge is 0.399 e. The first-order valence-corrected chi connectivity index (χ1v) is 6.44. The summed E-state index contributed by atoms with van der Waals surface area (Å²) in [4.78, 5) is 14.0. The first-order valence-electron chi connectivity index (χ1n) is 6.44. The van der Waals surface area contributed by atoms with Crippen molar-refractivity contribution >= 4 is 11.6 Å². The van der Waals surface area contributed by atoms with Gasteiger partial charge in [-0.05, 0) is 31.7 Å². The van der Waals surface area contributed by atoms with E-state index in [9.17, 15) is 4.79 Å². The third kappa shape index (κ3) is 6.22. The fourth-order valence-corrected chi connectivity index (χ4v) is 1.73. The van der Waals surface area contributed by atoms with Crippen LogP contribution >= 0.6 is 0 Å². The van der Waals surface area contributed by atoms with Crippen molar-refractivity contribution in [2.24, 2.45) is 0 Å². The maximum absolute atomic E-state index is 11.8. The van der Waals surface area contributed by atoms with Crippen molar-refractivity contribution in [1.29, 1.82) is 0 Å². The summed E-state index contributed by atoms with van der Waals surface area (Å²) < 4.78 is 5.00. The number of hydrogen-bond acceptors (Lipinski definition) is 4. The van der Waals surface area contributed by atoms with Gasteiger partial charge in [0.05, 0.1) is 0 Å². The molecule has 0 saturated carbocycles. The normalized spacial score (nSPS) is 10.7. The number of amides is 1. The molecule has 0 spiro atoms. The molecule has 0 heterocycles. The number of likely N-dealkylation sites (N-methyl/N-ethyl adjacent to an activating group) is 1. The number of carbonyl (C=O) groups excluding carboxylic acids is 1. The number of anilines is 1. The molecule has 1 amide bonds. The molecule has 0 aromatic heterocycles. The number of nitrogens with two attached hydrogens (primary N) is 1. The SMILES string of the molecule is COCCCN(C)CCNC(=O)c1cccc(N)c1. The summed E-state index contributed by atoms with van der Waals surface area (Å²) in [5.41, 5.74) is 6.84. The van der Waals surface area contributed by atoms with Gasteiger partial charge in [0, 0.05) is 44.6 Å². The van der Waals surface area contributed by atoms with Gasteiger partial charge in [-0.1, -0.05) is 6.07 Å². The molecule has 0 radical (unpaired) electrons. The first-order chi connectivity index (χ1) is 9.13. The van der Waals surface area contributed by atoms with Gasteiger partial charge in [-0.15, -0.1) is 0 Å². The average molecular weight is 265 g/mol. The lowest BCUT2D eigenvalue weighted by molar-refractivity contribution is 0.0949. The first kappa shape index (κ1) is 15.5. The summed E-state index contributed by atoms with van der Waals surface area (Å²) in [5.74, 6) is -0.0856. The van der Waals surface area contributed by atoms with Crippen LogP contribution in [-0.2, 0) is 4.74 Å². The van der Waals surface area contributed by atoms with Crippen molar-refractivity contribution in [1.82, 2.24) is 10.2 Å². The molecule has 1 aromatic rings. The van der Waals surface area contributed by atoms with Crippen LogP contribution in [0.1, 0.15) is 16.8 Å². The van der Waals surface area contributed by atoms with Gasteiger partial charge in [0.2, 0.25) is 0 Å². The molecular weight excluding hydrogens is 242 g/mol. The van der Waals surface area contributed by atoms with Gasteiger partial charge in [0.15, 0.2) is 0 Å². The van der Waals surface area contributed by atoms with Gasteiger partial charge in [0.1, 0.15) is 0 Å². The quantitative estimate of drug-likeness (QED) is 0.543. The molecule has 0 aliphatic rings. The molecular formula is C14H23N3O2. The Morgan fingerprint density at radius 3 is 2.89 bits per heavy atom. The fraction of sp³-hybridized carbons (Fsp3) is 0.500. The Balaban J connectivity index is 2.23. The van der Waals surface area contributed by atoms with Crippen LogP contribution in [0.3, 0.4) is 0 Å². The molecule has 0 aliphatic heterocycles. The monoisotopic (exact) mass is 265 g/mol. The summed E-state index contributed by atoms with van der Waals surface area (Å²) in [6.45, 7) is 3.16. The lowest BCUT2D eigenvalue weighted by atomic mass is 10.2. The van der Waals surface area contributed by atoms with Gasteiger partial charge < -0.3 is 20.7 Å². The number of nitrogens with one attached hydrogen (secondary N) is 1. The standard InChI is InChI=1S/C14H23N3O2/c1-17(8-4-10-19-2)9-7-16-14(18)12-5-3-6-13(15)11-12/h3,5-6,11H,4,7-10,15H2,1-2H3,(H,16,18). The van der Waals surface area contributed by atoms with Crippen molar-refractivity contribution < 1.29 is 9.53 Å². The van der Waals surface area contributed by atoms with Crippen LogP contribution in [-0.4, -0.2) is 51.2 Å². The number of carbonyl (C=O) groups is 1. The zero-order valence-electron chi connectivity index (χ0n) is 11.7. The highest BCUT2D eigenvalue weighted by Crippen LogP contribution is 2.05. The summed E-state index contributed by atoms with van der Waals surface area (Å²) in [5, 5.41) is 2.88. The Morgan fingerprint density at radius 2 is 2.21 bits per heavy atom. The highest BCUT2D eigenvalue weighted by molar-refractivity contribution is 5.94. The Hall–Kier alpha value is -1.59. The minimum Gasteiger partial charge on any atom is -0.399 e. The number of benzene rings is 1. The lowest BCUT2D eigenvalue weighted by Crippen LogP contribution is -2.33. The summed E-state index contributed by atoms with van der Waals surface area (Å²) in [6.07, 6.45) is 0.996. The van der Waals surface area contributed by atoms with E-state index in [0.29, 0.717) is 17.8 Å². The van der Waals surface area contributed by atoms with E-state index < -0.39 is 0 Å². The maximum Gasteiger partial charge on any atom is 0.251 e. The smallest absolute Gasteiger partial charge is 0.251 e.